The summed E-state index contributed by atoms with van der Waals surface area (Å²) in [6.45, 7) is 1.84. The highest BCUT2D eigenvalue weighted by Gasteiger charge is 2.32. The van der Waals surface area contributed by atoms with Crippen LogP contribution in [0.5, 0.6) is 0 Å². The number of carbonyl (C=O) groups excluding carboxylic acids is 1. The molecule has 1 aliphatic rings. The second-order valence-corrected chi connectivity index (χ2v) is 5.81. The fraction of sp³-hybridized carbons (Fsp3) is 0.667. The highest BCUT2D eigenvalue weighted by Crippen LogP contribution is 2.35. The van der Waals surface area contributed by atoms with E-state index in [1.54, 1.807) is 6.08 Å². The van der Waals surface area contributed by atoms with Gasteiger partial charge in [-0.3, -0.25) is 9.59 Å². The average Bonchev–Trinajstić information content (AvgIpc) is 2.84. The molecule has 0 amide bonds. The second-order valence-electron chi connectivity index (χ2n) is 5.81. The van der Waals surface area contributed by atoms with Crippen LogP contribution >= 0.6 is 0 Å². The first kappa shape index (κ1) is 18.4. The van der Waals surface area contributed by atoms with Crippen molar-refractivity contribution < 1.29 is 19.8 Å². The van der Waals surface area contributed by atoms with Crippen LogP contribution in [0.1, 0.15) is 58.3 Å². The van der Waals surface area contributed by atoms with Gasteiger partial charge in [-0.1, -0.05) is 13.0 Å². The lowest BCUT2D eigenvalue weighted by Crippen LogP contribution is -2.17. The predicted octanol–water partition coefficient (Wildman–Crippen LogP) is 2.95. The molecule has 0 heterocycles. The molecule has 122 valence electrons. The smallest absolute Gasteiger partial charge is 0.303 e. The summed E-state index contributed by atoms with van der Waals surface area (Å²) in [5.41, 5.74) is 0. The summed E-state index contributed by atoms with van der Waals surface area (Å²) in [5.74, 6) is 5.84. The maximum absolute atomic E-state index is 11.3. The molecule has 0 aromatic rings. The molecular formula is C18H26O4. The van der Waals surface area contributed by atoms with Gasteiger partial charge in [0.2, 0.25) is 0 Å². The molecule has 1 aliphatic carbocycles. The van der Waals surface area contributed by atoms with E-state index in [-0.39, 0.29) is 30.1 Å². The monoisotopic (exact) mass is 306 g/mol. The standard InChI is InChI=1S/C18H26O4/c1-2-15(19)12-10-14-11-13-17(20)16(14)8-6-4-3-5-7-9-18(21)22/h10,12,14,16-17,20H,2-3,5,7-9,11,13H2,1H3,(H,21,22)/b12-10+. The number of hydrogen-bond acceptors (Lipinski definition) is 3. The lowest BCUT2D eigenvalue weighted by Gasteiger charge is -2.16. The van der Waals surface area contributed by atoms with E-state index in [9.17, 15) is 14.7 Å². The lowest BCUT2D eigenvalue weighted by molar-refractivity contribution is -0.137. The van der Waals surface area contributed by atoms with Gasteiger partial charge < -0.3 is 10.2 Å². The zero-order chi connectivity index (χ0) is 16.4. The van der Waals surface area contributed by atoms with Gasteiger partial charge in [0.1, 0.15) is 0 Å². The van der Waals surface area contributed by atoms with Gasteiger partial charge in [0, 0.05) is 31.6 Å². The third-order valence-electron chi connectivity index (χ3n) is 4.12. The number of aliphatic carboxylic acids is 1. The summed E-state index contributed by atoms with van der Waals surface area (Å²) in [5, 5.41) is 18.6. The van der Waals surface area contributed by atoms with E-state index in [0.717, 1.165) is 19.3 Å². The van der Waals surface area contributed by atoms with Crippen molar-refractivity contribution in [1.29, 1.82) is 0 Å². The SMILES string of the molecule is CCC(=O)/C=C/C1CCC(O)C1CC#CCCCCC(=O)O. The molecule has 0 aromatic carbocycles. The van der Waals surface area contributed by atoms with Crippen LogP contribution in [-0.2, 0) is 9.59 Å². The van der Waals surface area contributed by atoms with Crippen LogP contribution in [0.15, 0.2) is 12.2 Å². The minimum absolute atomic E-state index is 0.104. The summed E-state index contributed by atoms with van der Waals surface area (Å²) in [6, 6.07) is 0. The molecule has 1 rings (SSSR count). The summed E-state index contributed by atoms with van der Waals surface area (Å²) >= 11 is 0. The molecule has 0 saturated heterocycles. The zero-order valence-corrected chi connectivity index (χ0v) is 13.3. The Morgan fingerprint density at radius 1 is 1.23 bits per heavy atom. The van der Waals surface area contributed by atoms with Crippen LogP contribution in [0.3, 0.4) is 0 Å². The van der Waals surface area contributed by atoms with Crippen LogP contribution < -0.4 is 0 Å². The number of carboxylic acids is 1. The van der Waals surface area contributed by atoms with E-state index >= 15 is 0 Å². The maximum atomic E-state index is 11.3. The number of hydrogen-bond donors (Lipinski definition) is 2. The molecule has 3 atom stereocenters. The van der Waals surface area contributed by atoms with Gasteiger partial charge in [0.05, 0.1) is 6.10 Å². The first-order valence-corrected chi connectivity index (χ1v) is 8.11. The second kappa shape index (κ2) is 10.2. The summed E-state index contributed by atoms with van der Waals surface area (Å²) in [7, 11) is 0. The third-order valence-corrected chi connectivity index (χ3v) is 4.12. The topological polar surface area (TPSA) is 74.6 Å². The van der Waals surface area contributed by atoms with Crippen LogP contribution in [0, 0.1) is 23.7 Å². The molecule has 4 nitrogen and oxygen atoms in total. The molecule has 3 unspecified atom stereocenters. The lowest BCUT2D eigenvalue weighted by atomic mass is 9.91. The Hall–Kier alpha value is -1.60. The molecule has 2 N–H and O–H groups in total. The van der Waals surface area contributed by atoms with Crippen LogP contribution in [0.4, 0.5) is 0 Å². The van der Waals surface area contributed by atoms with Gasteiger partial charge in [0.15, 0.2) is 5.78 Å². The molecule has 0 radical (unpaired) electrons. The van der Waals surface area contributed by atoms with Crippen LogP contribution in [0.2, 0.25) is 0 Å². The molecule has 0 aromatic heterocycles. The Bertz CT molecular complexity index is 455. The first-order valence-electron chi connectivity index (χ1n) is 8.11. The number of unbranched alkanes of at least 4 members (excludes halogenated alkanes) is 2. The largest absolute Gasteiger partial charge is 0.481 e. The fourth-order valence-corrected chi connectivity index (χ4v) is 2.72. The molecule has 1 fully saturated rings. The first-order chi connectivity index (χ1) is 10.5. The number of ketones is 1. The fourth-order valence-electron chi connectivity index (χ4n) is 2.72. The van der Waals surface area contributed by atoms with Crippen molar-refractivity contribution in [2.45, 2.75) is 64.4 Å². The van der Waals surface area contributed by atoms with Gasteiger partial charge >= 0.3 is 5.97 Å². The quantitative estimate of drug-likeness (QED) is 0.411. The normalized spacial score (nSPS) is 24.2. The number of aliphatic hydroxyl groups excluding tert-OH is 1. The number of carboxylic acid groups (broad SMARTS) is 1. The molecule has 4 heteroatoms. The van der Waals surface area contributed by atoms with E-state index in [0.29, 0.717) is 25.7 Å². The van der Waals surface area contributed by atoms with Crippen molar-refractivity contribution in [3.8, 4) is 11.8 Å². The third kappa shape index (κ3) is 6.91. The van der Waals surface area contributed by atoms with Gasteiger partial charge in [-0.2, -0.15) is 0 Å². The molecule has 0 spiro atoms. The Morgan fingerprint density at radius 2 is 2.00 bits per heavy atom. The molecule has 0 aliphatic heterocycles. The van der Waals surface area contributed by atoms with Crippen molar-refractivity contribution in [2.24, 2.45) is 11.8 Å². The van der Waals surface area contributed by atoms with E-state index < -0.39 is 5.97 Å². The van der Waals surface area contributed by atoms with Crippen molar-refractivity contribution in [2.75, 3.05) is 0 Å². The van der Waals surface area contributed by atoms with Crippen molar-refractivity contribution in [1.82, 2.24) is 0 Å². The Labute approximate surface area is 132 Å². The van der Waals surface area contributed by atoms with Crippen molar-refractivity contribution in [3.63, 3.8) is 0 Å². The van der Waals surface area contributed by atoms with Gasteiger partial charge in [-0.05, 0) is 37.7 Å². The highest BCUT2D eigenvalue weighted by molar-refractivity contribution is 5.89. The van der Waals surface area contributed by atoms with Crippen molar-refractivity contribution in [3.05, 3.63) is 12.2 Å². The Balaban J connectivity index is 2.37. The number of allylic oxidation sites excluding steroid dienone is 2. The average molecular weight is 306 g/mol. The van der Waals surface area contributed by atoms with E-state index in [4.69, 9.17) is 5.11 Å². The van der Waals surface area contributed by atoms with Gasteiger partial charge in [-0.15, -0.1) is 11.8 Å². The summed E-state index contributed by atoms with van der Waals surface area (Å²) in [4.78, 5) is 21.7. The van der Waals surface area contributed by atoms with E-state index in [1.165, 1.54) is 0 Å². The van der Waals surface area contributed by atoms with Crippen LogP contribution in [-0.4, -0.2) is 28.1 Å². The van der Waals surface area contributed by atoms with Crippen LogP contribution in [0.25, 0.3) is 0 Å². The molecule has 0 bridgehead atoms. The van der Waals surface area contributed by atoms with Crippen molar-refractivity contribution >= 4 is 11.8 Å². The molecule has 1 saturated carbocycles. The maximum Gasteiger partial charge on any atom is 0.303 e. The highest BCUT2D eigenvalue weighted by atomic mass is 16.4. The van der Waals surface area contributed by atoms with E-state index in [2.05, 4.69) is 11.8 Å². The van der Waals surface area contributed by atoms with Gasteiger partial charge in [-0.25, -0.2) is 0 Å². The minimum atomic E-state index is -0.765. The predicted molar refractivity (Wildman–Crippen MR) is 85.2 cm³/mol. The number of rotatable bonds is 8. The summed E-state index contributed by atoms with van der Waals surface area (Å²) < 4.78 is 0. The Kier molecular flexibility index (Phi) is 8.54. The molecule has 22 heavy (non-hydrogen) atoms. The number of carbonyl (C=O) groups is 2. The minimum Gasteiger partial charge on any atom is -0.481 e. The Morgan fingerprint density at radius 3 is 2.68 bits per heavy atom. The molecular weight excluding hydrogens is 280 g/mol. The zero-order valence-electron chi connectivity index (χ0n) is 13.3. The van der Waals surface area contributed by atoms with Gasteiger partial charge in [0.25, 0.3) is 0 Å². The van der Waals surface area contributed by atoms with E-state index in [1.807, 2.05) is 13.0 Å². The summed E-state index contributed by atoms with van der Waals surface area (Å²) in [6.07, 6.45) is 8.37. The number of aliphatic hydroxyl groups is 1.